The Kier molecular flexibility index (Phi) is 5.19. The highest BCUT2D eigenvalue weighted by Gasteiger charge is 2.25. The Morgan fingerprint density at radius 3 is 2.24 bits per heavy atom. The van der Waals surface area contributed by atoms with Crippen LogP contribution in [-0.4, -0.2) is 41.5 Å². The normalized spacial score (nSPS) is 16.4. The molecule has 25 heavy (non-hydrogen) atoms. The minimum Gasteiger partial charge on any atom is -0.321 e. The summed E-state index contributed by atoms with van der Waals surface area (Å²) in [5.74, 6) is -0.330. The predicted molar refractivity (Wildman–Crippen MR) is 94.8 cm³/mol. The first-order valence-electron chi connectivity index (χ1n) is 8.38. The molecule has 1 aliphatic rings. The first-order chi connectivity index (χ1) is 12.0. The van der Waals surface area contributed by atoms with Gasteiger partial charge in [0.2, 0.25) is 10.0 Å². The third kappa shape index (κ3) is 4.08. The topological polar surface area (TPSA) is 84.3 Å². The number of nitrogens with zero attached hydrogens (tertiary/aromatic N) is 3. The van der Waals surface area contributed by atoms with Gasteiger partial charge in [0.1, 0.15) is 0 Å². The SMILES string of the molecule is Cn1ccc(C(=O)Nc2ccc(S(=O)(=O)N3CCCCCC3)cc2)n1. The molecule has 2 heterocycles. The summed E-state index contributed by atoms with van der Waals surface area (Å²) >= 11 is 0. The second-order valence-corrected chi connectivity index (χ2v) is 8.11. The summed E-state index contributed by atoms with van der Waals surface area (Å²) in [6.45, 7) is 1.14. The van der Waals surface area contributed by atoms with E-state index >= 15 is 0 Å². The van der Waals surface area contributed by atoms with Crippen molar-refractivity contribution in [1.29, 1.82) is 0 Å². The summed E-state index contributed by atoms with van der Waals surface area (Å²) in [5, 5.41) is 6.75. The monoisotopic (exact) mass is 362 g/mol. The van der Waals surface area contributed by atoms with Crippen molar-refractivity contribution in [3.8, 4) is 0 Å². The summed E-state index contributed by atoms with van der Waals surface area (Å²) in [4.78, 5) is 12.3. The molecule has 8 heteroatoms. The zero-order chi connectivity index (χ0) is 17.9. The quantitative estimate of drug-likeness (QED) is 0.904. The minimum atomic E-state index is -3.47. The van der Waals surface area contributed by atoms with Gasteiger partial charge < -0.3 is 5.32 Å². The first-order valence-corrected chi connectivity index (χ1v) is 9.82. The molecule has 3 rings (SSSR count). The molecule has 1 saturated heterocycles. The van der Waals surface area contributed by atoms with Crippen molar-refractivity contribution in [2.45, 2.75) is 30.6 Å². The lowest BCUT2D eigenvalue weighted by Gasteiger charge is -2.20. The lowest BCUT2D eigenvalue weighted by Crippen LogP contribution is -2.31. The maximum Gasteiger partial charge on any atom is 0.276 e. The van der Waals surface area contributed by atoms with E-state index in [9.17, 15) is 13.2 Å². The van der Waals surface area contributed by atoms with Crippen LogP contribution in [0.3, 0.4) is 0 Å². The molecule has 2 aromatic rings. The molecule has 0 atom stereocenters. The Balaban J connectivity index is 1.72. The Morgan fingerprint density at radius 2 is 1.68 bits per heavy atom. The van der Waals surface area contributed by atoms with Crippen LogP contribution in [-0.2, 0) is 17.1 Å². The molecule has 0 saturated carbocycles. The maximum absolute atomic E-state index is 12.7. The van der Waals surface area contributed by atoms with Gasteiger partial charge in [0.15, 0.2) is 5.69 Å². The van der Waals surface area contributed by atoms with Crippen LogP contribution < -0.4 is 5.32 Å². The highest BCUT2D eigenvalue weighted by Crippen LogP contribution is 2.22. The molecule has 134 valence electrons. The van der Waals surface area contributed by atoms with E-state index in [1.807, 2.05) is 0 Å². The van der Waals surface area contributed by atoms with Crippen molar-refractivity contribution in [2.24, 2.45) is 7.05 Å². The van der Waals surface area contributed by atoms with Gasteiger partial charge >= 0.3 is 0 Å². The Morgan fingerprint density at radius 1 is 1.04 bits per heavy atom. The third-order valence-corrected chi connectivity index (χ3v) is 6.17. The molecule has 7 nitrogen and oxygen atoms in total. The fraction of sp³-hybridized carbons (Fsp3) is 0.412. The summed E-state index contributed by atoms with van der Waals surface area (Å²) in [6, 6.07) is 7.90. The van der Waals surface area contributed by atoms with E-state index in [4.69, 9.17) is 0 Å². The predicted octanol–water partition coefficient (Wildman–Crippen LogP) is 2.24. The number of amides is 1. The van der Waals surface area contributed by atoms with Crippen LogP contribution in [0.15, 0.2) is 41.4 Å². The van der Waals surface area contributed by atoms with E-state index in [-0.39, 0.29) is 10.8 Å². The lowest BCUT2D eigenvalue weighted by atomic mass is 10.2. The molecular formula is C17H22N4O3S. The van der Waals surface area contributed by atoms with Crippen molar-refractivity contribution >= 4 is 21.6 Å². The van der Waals surface area contributed by atoms with Gasteiger partial charge in [-0.1, -0.05) is 12.8 Å². The number of aryl methyl sites for hydroxylation is 1. The summed E-state index contributed by atoms with van der Waals surface area (Å²) in [6.07, 6.45) is 5.63. The molecule has 1 aromatic carbocycles. The molecule has 0 spiro atoms. The Hall–Kier alpha value is -2.19. The van der Waals surface area contributed by atoms with Crippen molar-refractivity contribution < 1.29 is 13.2 Å². The van der Waals surface area contributed by atoms with Crippen LogP contribution in [0.1, 0.15) is 36.2 Å². The molecule has 0 unspecified atom stereocenters. The highest BCUT2D eigenvalue weighted by molar-refractivity contribution is 7.89. The molecule has 1 fully saturated rings. The molecule has 0 radical (unpaired) electrons. The van der Waals surface area contributed by atoms with Crippen LogP contribution >= 0.6 is 0 Å². The third-order valence-electron chi connectivity index (χ3n) is 4.26. The summed E-state index contributed by atoms with van der Waals surface area (Å²) < 4.78 is 28.6. The van der Waals surface area contributed by atoms with Gasteiger partial charge in [0, 0.05) is 32.0 Å². The molecule has 0 aliphatic carbocycles. The van der Waals surface area contributed by atoms with E-state index in [2.05, 4.69) is 10.4 Å². The van der Waals surface area contributed by atoms with E-state index in [1.165, 1.54) is 12.1 Å². The Bertz CT molecular complexity index is 835. The van der Waals surface area contributed by atoms with Gasteiger partial charge in [-0.3, -0.25) is 9.48 Å². The van der Waals surface area contributed by atoms with E-state index in [1.54, 1.807) is 40.4 Å². The largest absolute Gasteiger partial charge is 0.321 e. The number of carbonyl (C=O) groups excluding carboxylic acids is 1. The minimum absolute atomic E-state index is 0.255. The molecule has 0 bridgehead atoms. The fourth-order valence-electron chi connectivity index (χ4n) is 2.87. The standard InChI is InChI=1S/C17H22N4O3S/c1-20-13-10-16(19-20)17(22)18-14-6-8-15(9-7-14)25(23,24)21-11-4-2-3-5-12-21/h6-10,13H,2-5,11-12H2,1H3,(H,18,22). The van der Waals surface area contributed by atoms with Gasteiger partial charge in [0.05, 0.1) is 4.90 Å². The van der Waals surface area contributed by atoms with Gasteiger partial charge in [-0.15, -0.1) is 0 Å². The van der Waals surface area contributed by atoms with Gasteiger partial charge in [-0.25, -0.2) is 8.42 Å². The average Bonchev–Trinajstić information content (AvgIpc) is 2.85. The maximum atomic E-state index is 12.7. The van der Waals surface area contributed by atoms with Crippen LogP contribution in [0.5, 0.6) is 0 Å². The fourth-order valence-corrected chi connectivity index (χ4v) is 4.39. The molecule has 1 aromatic heterocycles. The van der Waals surface area contributed by atoms with E-state index in [0.717, 1.165) is 25.7 Å². The van der Waals surface area contributed by atoms with Crippen molar-refractivity contribution in [1.82, 2.24) is 14.1 Å². The van der Waals surface area contributed by atoms with E-state index in [0.29, 0.717) is 24.5 Å². The summed E-state index contributed by atoms with van der Waals surface area (Å²) in [5.41, 5.74) is 0.842. The highest BCUT2D eigenvalue weighted by atomic mass is 32.2. The van der Waals surface area contributed by atoms with Crippen LogP contribution in [0.25, 0.3) is 0 Å². The number of carbonyl (C=O) groups is 1. The van der Waals surface area contributed by atoms with Crippen LogP contribution in [0.2, 0.25) is 0 Å². The molecular weight excluding hydrogens is 340 g/mol. The zero-order valence-corrected chi connectivity index (χ0v) is 15.0. The lowest BCUT2D eigenvalue weighted by molar-refractivity contribution is 0.102. The first kappa shape index (κ1) is 17.6. The van der Waals surface area contributed by atoms with Crippen molar-refractivity contribution in [2.75, 3.05) is 18.4 Å². The average molecular weight is 362 g/mol. The number of hydrogen-bond acceptors (Lipinski definition) is 4. The second-order valence-electron chi connectivity index (χ2n) is 6.17. The number of hydrogen-bond donors (Lipinski definition) is 1. The number of sulfonamides is 1. The number of aromatic nitrogens is 2. The smallest absolute Gasteiger partial charge is 0.276 e. The van der Waals surface area contributed by atoms with E-state index < -0.39 is 10.0 Å². The number of nitrogens with one attached hydrogen (secondary N) is 1. The van der Waals surface area contributed by atoms with Gasteiger partial charge in [-0.05, 0) is 43.2 Å². The number of anilines is 1. The number of benzene rings is 1. The second kappa shape index (κ2) is 7.37. The Labute approximate surface area is 147 Å². The number of rotatable bonds is 4. The van der Waals surface area contributed by atoms with Gasteiger partial charge in [0.25, 0.3) is 5.91 Å². The van der Waals surface area contributed by atoms with Crippen LogP contribution in [0, 0.1) is 0 Å². The van der Waals surface area contributed by atoms with Crippen molar-refractivity contribution in [3.63, 3.8) is 0 Å². The van der Waals surface area contributed by atoms with Crippen molar-refractivity contribution in [3.05, 3.63) is 42.2 Å². The van der Waals surface area contributed by atoms with Gasteiger partial charge in [-0.2, -0.15) is 9.40 Å². The molecule has 1 N–H and O–H groups in total. The van der Waals surface area contributed by atoms with Crippen LogP contribution in [0.4, 0.5) is 5.69 Å². The summed E-state index contributed by atoms with van der Waals surface area (Å²) in [7, 11) is -1.74. The molecule has 1 amide bonds. The molecule has 1 aliphatic heterocycles. The zero-order valence-electron chi connectivity index (χ0n) is 14.2.